The van der Waals surface area contributed by atoms with Gasteiger partial charge in [-0.2, -0.15) is 0 Å². The van der Waals surface area contributed by atoms with E-state index in [0.717, 1.165) is 10.4 Å². The SMILES string of the molecule is CC(C)(C)c1ccc(C(N)c2ccc(F)cc2Br)s1. The van der Waals surface area contributed by atoms with Crippen LogP contribution in [0.2, 0.25) is 0 Å². The molecule has 0 amide bonds. The number of rotatable bonds is 2. The molecular weight excluding hydrogens is 325 g/mol. The van der Waals surface area contributed by atoms with Crippen molar-refractivity contribution in [2.24, 2.45) is 5.73 Å². The summed E-state index contributed by atoms with van der Waals surface area (Å²) in [5, 5.41) is 0. The number of halogens is 2. The third-order valence-corrected chi connectivity index (χ3v) is 5.25. The highest BCUT2D eigenvalue weighted by atomic mass is 79.9. The van der Waals surface area contributed by atoms with Crippen molar-refractivity contribution in [1.29, 1.82) is 0 Å². The van der Waals surface area contributed by atoms with Gasteiger partial charge in [0.1, 0.15) is 5.82 Å². The van der Waals surface area contributed by atoms with E-state index in [2.05, 4.69) is 48.8 Å². The van der Waals surface area contributed by atoms with E-state index in [1.54, 1.807) is 17.4 Å². The summed E-state index contributed by atoms with van der Waals surface area (Å²) in [7, 11) is 0. The first kappa shape index (κ1) is 14.7. The van der Waals surface area contributed by atoms with E-state index in [0.29, 0.717) is 4.47 Å². The molecule has 1 aromatic carbocycles. The Bertz CT molecular complexity index is 586. The lowest BCUT2D eigenvalue weighted by Crippen LogP contribution is -2.11. The van der Waals surface area contributed by atoms with Gasteiger partial charge in [-0.25, -0.2) is 4.39 Å². The van der Waals surface area contributed by atoms with Crippen LogP contribution in [0.25, 0.3) is 0 Å². The van der Waals surface area contributed by atoms with Crippen molar-refractivity contribution < 1.29 is 4.39 Å². The van der Waals surface area contributed by atoms with Crippen molar-refractivity contribution in [3.63, 3.8) is 0 Å². The molecule has 2 N–H and O–H groups in total. The molecule has 0 aliphatic rings. The monoisotopic (exact) mass is 341 g/mol. The van der Waals surface area contributed by atoms with E-state index in [1.165, 1.54) is 17.0 Å². The number of benzene rings is 1. The third-order valence-electron chi connectivity index (χ3n) is 2.97. The molecule has 1 unspecified atom stereocenters. The van der Waals surface area contributed by atoms with Crippen LogP contribution < -0.4 is 5.73 Å². The van der Waals surface area contributed by atoms with E-state index < -0.39 is 0 Å². The fraction of sp³-hybridized carbons (Fsp3) is 0.333. The predicted molar refractivity (Wildman–Crippen MR) is 83.1 cm³/mol. The van der Waals surface area contributed by atoms with Gasteiger partial charge in [-0.15, -0.1) is 11.3 Å². The van der Waals surface area contributed by atoms with Crippen molar-refractivity contribution in [3.05, 3.63) is 55.9 Å². The molecule has 4 heteroatoms. The maximum absolute atomic E-state index is 13.1. The number of nitrogens with two attached hydrogens (primary N) is 1. The van der Waals surface area contributed by atoms with Crippen LogP contribution in [0.5, 0.6) is 0 Å². The van der Waals surface area contributed by atoms with Gasteiger partial charge >= 0.3 is 0 Å². The predicted octanol–water partition coefficient (Wildman–Crippen LogP) is 5.00. The van der Waals surface area contributed by atoms with Crippen LogP contribution in [0, 0.1) is 5.82 Å². The van der Waals surface area contributed by atoms with Crippen molar-refractivity contribution in [2.45, 2.75) is 32.2 Å². The van der Waals surface area contributed by atoms with Crippen LogP contribution in [-0.4, -0.2) is 0 Å². The van der Waals surface area contributed by atoms with Gasteiger partial charge in [0.2, 0.25) is 0 Å². The lowest BCUT2D eigenvalue weighted by molar-refractivity contribution is 0.604. The van der Waals surface area contributed by atoms with Crippen LogP contribution in [0.3, 0.4) is 0 Å². The summed E-state index contributed by atoms with van der Waals surface area (Å²) in [6.45, 7) is 6.55. The summed E-state index contributed by atoms with van der Waals surface area (Å²) in [6, 6.07) is 8.59. The largest absolute Gasteiger partial charge is 0.320 e. The molecule has 1 heterocycles. The minimum Gasteiger partial charge on any atom is -0.320 e. The Morgan fingerprint density at radius 3 is 2.42 bits per heavy atom. The molecule has 2 aromatic rings. The molecule has 19 heavy (non-hydrogen) atoms. The Balaban J connectivity index is 2.34. The zero-order chi connectivity index (χ0) is 14.2. The second-order valence-corrected chi connectivity index (χ2v) is 7.57. The summed E-state index contributed by atoms with van der Waals surface area (Å²) >= 11 is 5.09. The standard InChI is InChI=1S/C15H17BrFNS/c1-15(2,3)13-7-6-12(19-13)14(18)10-5-4-9(17)8-11(10)16/h4-8,14H,18H2,1-3H3. The average molecular weight is 342 g/mol. The Morgan fingerprint density at radius 2 is 1.89 bits per heavy atom. The van der Waals surface area contributed by atoms with E-state index in [-0.39, 0.29) is 17.3 Å². The van der Waals surface area contributed by atoms with Crippen LogP contribution in [0.1, 0.15) is 42.1 Å². The first-order valence-corrected chi connectivity index (χ1v) is 7.71. The van der Waals surface area contributed by atoms with Crippen molar-refractivity contribution in [2.75, 3.05) is 0 Å². The Kier molecular flexibility index (Phi) is 4.14. The second kappa shape index (κ2) is 5.35. The van der Waals surface area contributed by atoms with Gasteiger partial charge in [-0.3, -0.25) is 0 Å². The van der Waals surface area contributed by atoms with Gasteiger partial charge in [0, 0.05) is 14.2 Å². The molecule has 2 rings (SSSR count). The second-order valence-electron chi connectivity index (χ2n) is 5.60. The molecular formula is C15H17BrFNS. The van der Waals surface area contributed by atoms with Crippen LogP contribution in [0.4, 0.5) is 4.39 Å². The van der Waals surface area contributed by atoms with Gasteiger partial charge in [-0.1, -0.05) is 42.8 Å². The first-order chi connectivity index (χ1) is 8.79. The molecule has 0 radical (unpaired) electrons. The molecule has 0 aliphatic carbocycles. The van der Waals surface area contributed by atoms with Gasteiger partial charge in [0.15, 0.2) is 0 Å². The molecule has 102 valence electrons. The molecule has 1 aromatic heterocycles. The van der Waals surface area contributed by atoms with Crippen molar-refractivity contribution >= 4 is 27.3 Å². The normalized spacial score (nSPS) is 13.6. The molecule has 0 saturated heterocycles. The maximum atomic E-state index is 13.1. The van der Waals surface area contributed by atoms with E-state index in [4.69, 9.17) is 5.73 Å². The number of hydrogen-bond donors (Lipinski definition) is 1. The quantitative estimate of drug-likeness (QED) is 0.817. The third kappa shape index (κ3) is 3.25. The van der Waals surface area contributed by atoms with Gasteiger partial charge in [0.25, 0.3) is 0 Å². The summed E-state index contributed by atoms with van der Waals surface area (Å²) in [6.07, 6.45) is 0. The highest BCUT2D eigenvalue weighted by molar-refractivity contribution is 9.10. The molecule has 0 aliphatic heterocycles. The smallest absolute Gasteiger partial charge is 0.124 e. The summed E-state index contributed by atoms with van der Waals surface area (Å²) in [5.41, 5.74) is 7.32. The Labute approximate surface area is 125 Å². The molecule has 1 atom stereocenters. The summed E-state index contributed by atoms with van der Waals surface area (Å²) < 4.78 is 13.8. The Hall–Kier alpha value is -0.710. The fourth-order valence-corrected chi connectivity index (χ4v) is 3.51. The zero-order valence-corrected chi connectivity index (χ0v) is 13.6. The van der Waals surface area contributed by atoms with Gasteiger partial charge in [0.05, 0.1) is 6.04 Å². The number of thiophene rings is 1. The lowest BCUT2D eigenvalue weighted by atomic mass is 9.95. The highest BCUT2D eigenvalue weighted by Gasteiger charge is 2.20. The van der Waals surface area contributed by atoms with Gasteiger partial charge in [-0.05, 0) is 35.2 Å². The van der Waals surface area contributed by atoms with Crippen molar-refractivity contribution in [3.8, 4) is 0 Å². The Morgan fingerprint density at radius 1 is 1.21 bits per heavy atom. The molecule has 0 saturated carbocycles. The fourth-order valence-electron chi connectivity index (χ4n) is 1.83. The highest BCUT2D eigenvalue weighted by Crippen LogP contribution is 2.35. The van der Waals surface area contributed by atoms with E-state index in [9.17, 15) is 4.39 Å². The van der Waals surface area contributed by atoms with Crippen LogP contribution >= 0.6 is 27.3 Å². The van der Waals surface area contributed by atoms with Crippen LogP contribution in [0.15, 0.2) is 34.8 Å². The molecule has 0 fully saturated rings. The van der Waals surface area contributed by atoms with Crippen LogP contribution in [-0.2, 0) is 5.41 Å². The lowest BCUT2D eigenvalue weighted by Gasteiger charge is -2.16. The summed E-state index contributed by atoms with van der Waals surface area (Å²) in [4.78, 5) is 2.40. The molecule has 0 bridgehead atoms. The zero-order valence-electron chi connectivity index (χ0n) is 11.2. The summed E-state index contributed by atoms with van der Waals surface area (Å²) in [5.74, 6) is -0.260. The first-order valence-electron chi connectivity index (χ1n) is 6.10. The number of hydrogen-bond acceptors (Lipinski definition) is 2. The minimum atomic E-state index is -0.260. The minimum absolute atomic E-state index is 0.128. The van der Waals surface area contributed by atoms with Gasteiger partial charge < -0.3 is 5.73 Å². The topological polar surface area (TPSA) is 26.0 Å². The molecule has 0 spiro atoms. The maximum Gasteiger partial charge on any atom is 0.124 e. The molecule has 1 nitrogen and oxygen atoms in total. The van der Waals surface area contributed by atoms with E-state index >= 15 is 0 Å². The van der Waals surface area contributed by atoms with E-state index in [1.807, 2.05) is 0 Å². The van der Waals surface area contributed by atoms with Crippen molar-refractivity contribution in [1.82, 2.24) is 0 Å². The average Bonchev–Trinajstić information content (AvgIpc) is 2.76.